The zero-order chi connectivity index (χ0) is 15.7. The van der Waals surface area contributed by atoms with Gasteiger partial charge >= 0.3 is 5.97 Å². The normalized spacial score (nSPS) is 13.2. The number of nitrogens with zero attached hydrogens (tertiary/aromatic N) is 1. The summed E-state index contributed by atoms with van der Waals surface area (Å²) < 4.78 is 5.59. The van der Waals surface area contributed by atoms with Gasteiger partial charge in [0.05, 0.1) is 17.8 Å². The van der Waals surface area contributed by atoms with Crippen molar-refractivity contribution >= 4 is 17.6 Å². The predicted octanol–water partition coefficient (Wildman–Crippen LogP) is 2.73. The molecule has 0 unspecified atom stereocenters. The second-order valence-corrected chi connectivity index (χ2v) is 5.16. The number of aryl methyl sites for hydroxylation is 1. The third-order valence-electron chi connectivity index (χ3n) is 3.58. The van der Waals surface area contributed by atoms with Gasteiger partial charge in [-0.1, -0.05) is 12.1 Å². The lowest BCUT2D eigenvalue weighted by molar-refractivity contribution is 0.0697. The number of ether oxygens (including phenoxy) is 1. The monoisotopic (exact) mass is 297 g/mol. The fourth-order valence-electron chi connectivity index (χ4n) is 2.48. The number of rotatable bonds is 2. The van der Waals surface area contributed by atoms with Gasteiger partial charge in [0.1, 0.15) is 12.4 Å². The zero-order valence-electron chi connectivity index (χ0n) is 12.1. The summed E-state index contributed by atoms with van der Waals surface area (Å²) >= 11 is 0. The van der Waals surface area contributed by atoms with E-state index >= 15 is 0 Å². The van der Waals surface area contributed by atoms with Crippen molar-refractivity contribution in [3.63, 3.8) is 0 Å². The number of hydrogen-bond donors (Lipinski definition) is 1. The van der Waals surface area contributed by atoms with Gasteiger partial charge in [-0.05, 0) is 42.8 Å². The number of aromatic carboxylic acids is 1. The quantitative estimate of drug-likeness (QED) is 0.925. The molecule has 1 aliphatic rings. The molecule has 0 saturated carbocycles. The van der Waals surface area contributed by atoms with E-state index in [1.54, 1.807) is 17.0 Å². The van der Waals surface area contributed by atoms with E-state index < -0.39 is 5.97 Å². The highest BCUT2D eigenvalue weighted by Gasteiger charge is 2.25. The first-order valence-electron chi connectivity index (χ1n) is 6.95. The minimum Gasteiger partial charge on any atom is -0.490 e. The van der Waals surface area contributed by atoms with Gasteiger partial charge in [0, 0.05) is 5.56 Å². The van der Waals surface area contributed by atoms with E-state index in [-0.39, 0.29) is 11.5 Å². The van der Waals surface area contributed by atoms with Crippen LogP contribution in [0.5, 0.6) is 5.75 Å². The summed E-state index contributed by atoms with van der Waals surface area (Å²) in [5.74, 6) is -0.599. The summed E-state index contributed by atoms with van der Waals surface area (Å²) in [7, 11) is 0. The van der Waals surface area contributed by atoms with Crippen molar-refractivity contribution in [2.24, 2.45) is 0 Å². The SMILES string of the molecule is Cc1ccc2c(c1)OCCN2C(=O)c1cccc(C(=O)O)c1. The van der Waals surface area contributed by atoms with E-state index in [1.165, 1.54) is 12.1 Å². The third kappa shape index (κ3) is 2.53. The average Bonchev–Trinajstić information content (AvgIpc) is 2.53. The Hall–Kier alpha value is -2.82. The van der Waals surface area contributed by atoms with Crippen LogP contribution >= 0.6 is 0 Å². The number of carboxylic acids is 1. The van der Waals surface area contributed by atoms with E-state index in [0.717, 1.165) is 5.56 Å². The first kappa shape index (κ1) is 14.1. The van der Waals surface area contributed by atoms with Crippen LogP contribution in [0.2, 0.25) is 0 Å². The molecule has 0 fully saturated rings. The second kappa shape index (κ2) is 5.52. The van der Waals surface area contributed by atoms with Crippen LogP contribution in [0.1, 0.15) is 26.3 Å². The molecule has 3 rings (SSSR count). The molecule has 2 aromatic carbocycles. The van der Waals surface area contributed by atoms with Gasteiger partial charge in [0.2, 0.25) is 0 Å². The fourth-order valence-corrected chi connectivity index (χ4v) is 2.48. The summed E-state index contributed by atoms with van der Waals surface area (Å²) in [6.45, 7) is 2.81. The van der Waals surface area contributed by atoms with E-state index in [2.05, 4.69) is 0 Å². The molecule has 5 heteroatoms. The van der Waals surface area contributed by atoms with Crippen LogP contribution in [-0.4, -0.2) is 30.1 Å². The van der Waals surface area contributed by atoms with E-state index in [1.807, 2.05) is 25.1 Å². The van der Waals surface area contributed by atoms with Crippen LogP contribution in [0.25, 0.3) is 0 Å². The van der Waals surface area contributed by atoms with Gasteiger partial charge in [-0.25, -0.2) is 4.79 Å². The standard InChI is InChI=1S/C17H15NO4/c1-11-5-6-14-15(9-11)22-8-7-18(14)16(19)12-3-2-4-13(10-12)17(20)21/h2-6,9-10H,7-8H2,1H3,(H,20,21). The Morgan fingerprint density at radius 1 is 1.14 bits per heavy atom. The molecule has 0 saturated heterocycles. The molecule has 0 aromatic heterocycles. The molecule has 0 atom stereocenters. The summed E-state index contributed by atoms with van der Waals surface area (Å²) in [6, 6.07) is 11.7. The number of anilines is 1. The lowest BCUT2D eigenvalue weighted by Gasteiger charge is -2.30. The van der Waals surface area contributed by atoms with Crippen molar-refractivity contribution in [1.82, 2.24) is 0 Å². The average molecular weight is 297 g/mol. The first-order chi connectivity index (χ1) is 10.6. The first-order valence-corrected chi connectivity index (χ1v) is 6.95. The Kier molecular flexibility index (Phi) is 3.55. The van der Waals surface area contributed by atoms with Crippen molar-refractivity contribution < 1.29 is 19.4 Å². The van der Waals surface area contributed by atoms with Gasteiger partial charge < -0.3 is 14.7 Å². The molecule has 1 heterocycles. The number of carbonyl (C=O) groups excluding carboxylic acids is 1. The summed E-state index contributed by atoms with van der Waals surface area (Å²) in [5.41, 5.74) is 2.22. The lowest BCUT2D eigenvalue weighted by Crippen LogP contribution is -2.38. The Labute approximate surface area is 127 Å². The molecular weight excluding hydrogens is 282 g/mol. The van der Waals surface area contributed by atoms with Crippen LogP contribution in [0.3, 0.4) is 0 Å². The highest BCUT2D eigenvalue weighted by atomic mass is 16.5. The largest absolute Gasteiger partial charge is 0.490 e. The smallest absolute Gasteiger partial charge is 0.335 e. The molecule has 0 radical (unpaired) electrons. The fraction of sp³-hybridized carbons (Fsp3) is 0.176. The van der Waals surface area contributed by atoms with E-state index in [9.17, 15) is 9.59 Å². The van der Waals surface area contributed by atoms with Crippen LogP contribution in [0.4, 0.5) is 5.69 Å². The van der Waals surface area contributed by atoms with Gasteiger partial charge in [0.25, 0.3) is 5.91 Å². The van der Waals surface area contributed by atoms with Gasteiger partial charge in [0.15, 0.2) is 0 Å². The Morgan fingerprint density at radius 2 is 1.91 bits per heavy atom. The number of amides is 1. The zero-order valence-corrected chi connectivity index (χ0v) is 12.1. The molecule has 1 N–H and O–H groups in total. The number of benzene rings is 2. The Morgan fingerprint density at radius 3 is 2.68 bits per heavy atom. The van der Waals surface area contributed by atoms with Gasteiger partial charge in [-0.15, -0.1) is 0 Å². The molecule has 0 spiro atoms. The van der Waals surface area contributed by atoms with Crippen LogP contribution in [-0.2, 0) is 0 Å². The van der Waals surface area contributed by atoms with Crippen LogP contribution in [0.15, 0.2) is 42.5 Å². The maximum Gasteiger partial charge on any atom is 0.335 e. The molecular formula is C17H15NO4. The summed E-state index contributed by atoms with van der Waals surface area (Å²) in [5, 5.41) is 9.04. The molecule has 1 aliphatic heterocycles. The minimum atomic E-state index is -1.05. The van der Waals surface area contributed by atoms with Crippen LogP contribution < -0.4 is 9.64 Å². The number of carboxylic acid groups (broad SMARTS) is 1. The highest BCUT2D eigenvalue weighted by molar-refractivity contribution is 6.08. The van der Waals surface area contributed by atoms with E-state index in [4.69, 9.17) is 9.84 Å². The summed E-state index contributed by atoms with van der Waals surface area (Å²) in [4.78, 5) is 25.4. The molecule has 1 amide bonds. The highest BCUT2D eigenvalue weighted by Crippen LogP contribution is 2.33. The lowest BCUT2D eigenvalue weighted by atomic mass is 10.1. The van der Waals surface area contributed by atoms with Crippen molar-refractivity contribution in [2.75, 3.05) is 18.1 Å². The molecule has 112 valence electrons. The maximum atomic E-state index is 12.7. The van der Waals surface area contributed by atoms with Crippen molar-refractivity contribution in [1.29, 1.82) is 0 Å². The predicted molar refractivity (Wildman–Crippen MR) is 81.8 cm³/mol. The molecule has 5 nitrogen and oxygen atoms in total. The van der Waals surface area contributed by atoms with Gasteiger partial charge in [-0.2, -0.15) is 0 Å². The third-order valence-corrected chi connectivity index (χ3v) is 3.58. The minimum absolute atomic E-state index is 0.100. The number of fused-ring (bicyclic) bond motifs is 1. The van der Waals surface area contributed by atoms with Crippen molar-refractivity contribution in [2.45, 2.75) is 6.92 Å². The van der Waals surface area contributed by atoms with Crippen LogP contribution in [0, 0.1) is 6.92 Å². The topological polar surface area (TPSA) is 66.8 Å². The van der Waals surface area contributed by atoms with E-state index in [0.29, 0.717) is 30.2 Å². The number of carbonyl (C=O) groups is 2. The molecule has 2 aromatic rings. The van der Waals surface area contributed by atoms with Gasteiger partial charge in [-0.3, -0.25) is 4.79 Å². The molecule has 22 heavy (non-hydrogen) atoms. The Bertz CT molecular complexity index is 754. The molecule has 0 aliphatic carbocycles. The Balaban J connectivity index is 1.97. The van der Waals surface area contributed by atoms with Crippen molar-refractivity contribution in [3.05, 3.63) is 59.2 Å². The molecule has 0 bridgehead atoms. The summed E-state index contributed by atoms with van der Waals surface area (Å²) in [6.07, 6.45) is 0. The second-order valence-electron chi connectivity index (χ2n) is 5.16. The van der Waals surface area contributed by atoms with Crippen molar-refractivity contribution in [3.8, 4) is 5.75 Å². The number of hydrogen-bond acceptors (Lipinski definition) is 3. The maximum absolute atomic E-state index is 12.7.